The van der Waals surface area contributed by atoms with Crippen molar-refractivity contribution in [3.8, 4) is 0 Å². The van der Waals surface area contributed by atoms with E-state index in [0.29, 0.717) is 11.4 Å². The number of rotatable bonds is 4. The highest BCUT2D eigenvalue weighted by Gasteiger charge is 2.44. The van der Waals surface area contributed by atoms with Crippen LogP contribution in [0.1, 0.15) is 17.4 Å². The summed E-state index contributed by atoms with van der Waals surface area (Å²) in [7, 11) is 0. The highest BCUT2D eigenvalue weighted by atomic mass is 79.9. The number of hydrogen-bond donors (Lipinski definition) is 4. The highest BCUT2D eigenvalue weighted by Crippen LogP contribution is 2.36. The second-order valence-electron chi connectivity index (χ2n) is 7.22. The van der Waals surface area contributed by atoms with E-state index in [0.717, 1.165) is 26.5 Å². The van der Waals surface area contributed by atoms with Gasteiger partial charge in [0, 0.05) is 21.1 Å². The Bertz CT molecular complexity index is 1010. The van der Waals surface area contributed by atoms with E-state index in [9.17, 15) is 20.4 Å². The lowest BCUT2D eigenvalue weighted by Crippen LogP contribution is -2.56. The van der Waals surface area contributed by atoms with Crippen molar-refractivity contribution in [1.29, 1.82) is 0 Å². The first kappa shape index (κ1) is 20.8. The first-order valence-electron chi connectivity index (χ1n) is 9.23. The van der Waals surface area contributed by atoms with Crippen LogP contribution in [0.25, 0.3) is 10.9 Å². The minimum atomic E-state index is -1.43. The lowest BCUT2D eigenvalue weighted by Gasteiger charge is -2.40. The van der Waals surface area contributed by atoms with E-state index in [4.69, 9.17) is 16.3 Å². The van der Waals surface area contributed by atoms with Crippen LogP contribution in [0.15, 0.2) is 53.1 Å². The third kappa shape index (κ3) is 3.84. The molecular weight excluding hydrogens is 462 g/mol. The topological polar surface area (TPSA) is 95.1 Å². The van der Waals surface area contributed by atoms with Crippen molar-refractivity contribution in [3.63, 3.8) is 0 Å². The van der Waals surface area contributed by atoms with Crippen LogP contribution < -0.4 is 0 Å². The Kier molecular flexibility index (Phi) is 5.99. The molecule has 1 fully saturated rings. The van der Waals surface area contributed by atoms with E-state index in [1.807, 2.05) is 48.7 Å². The molecule has 1 aliphatic heterocycles. The second-order valence-corrected chi connectivity index (χ2v) is 8.51. The monoisotopic (exact) mass is 481 g/mol. The van der Waals surface area contributed by atoms with E-state index in [1.54, 1.807) is 4.57 Å². The molecule has 154 valence electrons. The fourth-order valence-electron chi connectivity index (χ4n) is 3.83. The van der Waals surface area contributed by atoms with Crippen molar-refractivity contribution in [1.82, 2.24) is 4.57 Å². The minimum absolute atomic E-state index is 0.470. The van der Waals surface area contributed by atoms with Gasteiger partial charge in [0.2, 0.25) is 0 Å². The number of aromatic nitrogens is 1. The summed E-state index contributed by atoms with van der Waals surface area (Å²) in [5.41, 5.74) is 2.86. The average Bonchev–Trinajstić information content (AvgIpc) is 3.08. The Morgan fingerprint density at radius 2 is 1.72 bits per heavy atom. The van der Waals surface area contributed by atoms with Crippen LogP contribution in [0.2, 0.25) is 5.02 Å². The fraction of sp³-hybridized carbons (Fsp3) is 0.333. The van der Waals surface area contributed by atoms with Crippen molar-refractivity contribution in [3.05, 3.63) is 69.3 Å². The summed E-state index contributed by atoms with van der Waals surface area (Å²) in [6, 6.07) is 13.3. The van der Waals surface area contributed by atoms with Gasteiger partial charge in [-0.2, -0.15) is 0 Å². The number of ether oxygens (including phenoxy) is 1. The number of aliphatic hydroxyl groups excluding tert-OH is 4. The molecule has 3 aromatic rings. The molecule has 1 unspecified atom stereocenters. The summed E-state index contributed by atoms with van der Waals surface area (Å²) >= 11 is 9.59. The van der Waals surface area contributed by atoms with Crippen LogP contribution in [0, 0.1) is 0 Å². The van der Waals surface area contributed by atoms with Gasteiger partial charge in [-0.3, -0.25) is 0 Å². The molecule has 0 radical (unpaired) electrons. The zero-order valence-corrected chi connectivity index (χ0v) is 17.7. The molecular formula is C21H21BrClNO5. The molecule has 0 amide bonds. The SMILES string of the molecule is OC[C@H]1OC(n2cc(Cc3ccc(Cl)cc3)c3c(Br)cccc32)[C@H](O)[C@@H](O)[C@@H]1O. The highest BCUT2D eigenvalue weighted by molar-refractivity contribution is 9.10. The molecule has 1 saturated heterocycles. The molecule has 2 heterocycles. The molecule has 0 spiro atoms. The lowest BCUT2D eigenvalue weighted by atomic mass is 9.98. The molecule has 1 aliphatic rings. The maximum absolute atomic E-state index is 10.6. The van der Waals surface area contributed by atoms with Gasteiger partial charge >= 0.3 is 0 Å². The van der Waals surface area contributed by atoms with Crippen molar-refractivity contribution < 1.29 is 25.2 Å². The fourth-order valence-corrected chi connectivity index (χ4v) is 4.56. The van der Waals surface area contributed by atoms with Crippen LogP contribution in [-0.2, 0) is 11.2 Å². The molecule has 2 aromatic carbocycles. The predicted molar refractivity (Wildman–Crippen MR) is 113 cm³/mol. The number of hydrogen-bond acceptors (Lipinski definition) is 5. The number of halogens is 2. The van der Waals surface area contributed by atoms with E-state index in [1.165, 1.54) is 0 Å². The Hall–Kier alpha value is -1.45. The zero-order chi connectivity index (χ0) is 20.7. The Balaban J connectivity index is 1.79. The van der Waals surface area contributed by atoms with Crippen molar-refractivity contribution in [2.45, 2.75) is 37.1 Å². The van der Waals surface area contributed by atoms with E-state index in [2.05, 4.69) is 15.9 Å². The largest absolute Gasteiger partial charge is 0.394 e. The third-order valence-corrected chi connectivity index (χ3v) is 6.25. The molecule has 6 nitrogen and oxygen atoms in total. The van der Waals surface area contributed by atoms with Gasteiger partial charge in [-0.15, -0.1) is 0 Å². The standard InChI is InChI=1S/C21H21BrClNO5/c22-14-2-1-3-15-17(14)12(8-11-4-6-13(23)7-5-11)9-24(15)21-20(28)19(27)18(26)16(10-25)29-21/h1-7,9,16,18-21,25-28H,8,10H2/t16-,18-,19+,20-,21?/m1/s1. The summed E-state index contributed by atoms with van der Waals surface area (Å²) in [5, 5.41) is 42.0. The summed E-state index contributed by atoms with van der Waals surface area (Å²) in [6.07, 6.45) is -3.62. The zero-order valence-electron chi connectivity index (χ0n) is 15.3. The summed E-state index contributed by atoms with van der Waals surface area (Å²) in [4.78, 5) is 0. The van der Waals surface area contributed by atoms with Crippen LogP contribution >= 0.6 is 27.5 Å². The summed E-state index contributed by atoms with van der Waals surface area (Å²) in [6.45, 7) is -0.470. The Morgan fingerprint density at radius 1 is 1.00 bits per heavy atom. The second kappa shape index (κ2) is 8.35. The van der Waals surface area contributed by atoms with Crippen LogP contribution in [0.4, 0.5) is 0 Å². The molecule has 0 aliphatic carbocycles. The molecule has 5 atom stereocenters. The normalized spacial score (nSPS) is 27.4. The smallest absolute Gasteiger partial charge is 0.163 e. The average molecular weight is 483 g/mol. The van der Waals surface area contributed by atoms with Gasteiger partial charge in [0.15, 0.2) is 6.23 Å². The van der Waals surface area contributed by atoms with Crippen LogP contribution in [-0.4, -0.2) is 56.0 Å². The summed E-state index contributed by atoms with van der Waals surface area (Å²) in [5.74, 6) is 0. The molecule has 0 saturated carbocycles. The third-order valence-electron chi connectivity index (χ3n) is 5.33. The number of aliphatic hydroxyl groups is 4. The number of fused-ring (bicyclic) bond motifs is 1. The van der Waals surface area contributed by atoms with Gasteiger partial charge in [0.1, 0.15) is 24.4 Å². The van der Waals surface area contributed by atoms with Gasteiger partial charge in [-0.25, -0.2) is 0 Å². The molecule has 29 heavy (non-hydrogen) atoms. The maximum atomic E-state index is 10.6. The van der Waals surface area contributed by atoms with Gasteiger partial charge < -0.3 is 29.7 Å². The van der Waals surface area contributed by atoms with E-state index in [-0.39, 0.29) is 0 Å². The van der Waals surface area contributed by atoms with Crippen LogP contribution in [0.5, 0.6) is 0 Å². The van der Waals surface area contributed by atoms with Gasteiger partial charge in [-0.1, -0.05) is 45.7 Å². The van der Waals surface area contributed by atoms with Crippen molar-refractivity contribution >= 4 is 38.4 Å². The van der Waals surface area contributed by atoms with Crippen molar-refractivity contribution in [2.24, 2.45) is 0 Å². The molecule has 8 heteroatoms. The molecule has 0 bridgehead atoms. The predicted octanol–water partition coefficient (Wildman–Crippen LogP) is 2.62. The number of nitrogens with zero attached hydrogens (tertiary/aromatic N) is 1. The number of benzene rings is 2. The Morgan fingerprint density at radius 3 is 2.41 bits per heavy atom. The minimum Gasteiger partial charge on any atom is -0.394 e. The lowest BCUT2D eigenvalue weighted by molar-refractivity contribution is -0.250. The quantitative estimate of drug-likeness (QED) is 0.459. The van der Waals surface area contributed by atoms with Crippen LogP contribution in [0.3, 0.4) is 0 Å². The molecule has 1 aromatic heterocycles. The first-order valence-corrected chi connectivity index (χ1v) is 10.4. The molecule has 4 N–H and O–H groups in total. The first-order chi connectivity index (χ1) is 13.9. The maximum Gasteiger partial charge on any atom is 0.163 e. The van der Waals surface area contributed by atoms with Gasteiger partial charge in [0.25, 0.3) is 0 Å². The van der Waals surface area contributed by atoms with E-state index < -0.39 is 37.3 Å². The summed E-state index contributed by atoms with van der Waals surface area (Å²) < 4.78 is 8.40. The van der Waals surface area contributed by atoms with Gasteiger partial charge in [-0.05, 0) is 41.8 Å². The Labute approximate surface area is 181 Å². The van der Waals surface area contributed by atoms with Crippen molar-refractivity contribution in [2.75, 3.05) is 6.61 Å². The van der Waals surface area contributed by atoms with Gasteiger partial charge in [0.05, 0.1) is 12.1 Å². The van der Waals surface area contributed by atoms with E-state index >= 15 is 0 Å². The molecule has 4 rings (SSSR count).